The van der Waals surface area contributed by atoms with Gasteiger partial charge in [-0.2, -0.15) is 0 Å². The first-order chi connectivity index (χ1) is 11.2. The maximum Gasteiger partial charge on any atom is 0.230 e. The minimum absolute atomic E-state index is 0.160. The third-order valence-corrected chi connectivity index (χ3v) is 5.29. The largest absolute Gasteiger partial charge is 0.379 e. The summed E-state index contributed by atoms with van der Waals surface area (Å²) < 4.78 is 5.35. The minimum Gasteiger partial charge on any atom is -0.379 e. The molecule has 1 aromatic carbocycles. The predicted molar refractivity (Wildman–Crippen MR) is 91.9 cm³/mol. The van der Waals surface area contributed by atoms with E-state index in [9.17, 15) is 4.79 Å². The molecule has 1 saturated heterocycles. The Morgan fingerprint density at radius 3 is 2.74 bits per heavy atom. The molecule has 0 aromatic heterocycles. The van der Waals surface area contributed by atoms with Crippen LogP contribution in [0.4, 0.5) is 0 Å². The zero-order valence-electron chi connectivity index (χ0n) is 13.5. The number of carbonyl (C=O) groups excluding carboxylic acids is 1. The molecule has 2 fully saturated rings. The maximum atomic E-state index is 12.7. The molecular weight excluding hydrogens is 312 g/mol. The Bertz CT molecular complexity index is 540. The number of hydrogen-bond acceptors (Lipinski definition) is 3. The van der Waals surface area contributed by atoms with E-state index in [1.165, 1.54) is 0 Å². The van der Waals surface area contributed by atoms with Gasteiger partial charge in [-0.1, -0.05) is 30.2 Å². The van der Waals surface area contributed by atoms with E-state index < -0.39 is 0 Å². The van der Waals surface area contributed by atoms with Crippen LogP contribution >= 0.6 is 11.6 Å². The van der Waals surface area contributed by atoms with Gasteiger partial charge in [0.05, 0.1) is 18.6 Å². The number of morpholine rings is 1. The molecule has 0 bridgehead atoms. The molecule has 1 aliphatic carbocycles. The lowest BCUT2D eigenvalue weighted by atomic mass is 9.64. The molecule has 1 saturated carbocycles. The number of amides is 1. The van der Waals surface area contributed by atoms with Crippen LogP contribution in [0.5, 0.6) is 0 Å². The first-order valence-corrected chi connectivity index (χ1v) is 8.93. The average molecular weight is 337 g/mol. The van der Waals surface area contributed by atoms with E-state index in [-0.39, 0.29) is 11.3 Å². The molecule has 3 rings (SSSR count). The number of ether oxygens (including phenoxy) is 1. The number of halogens is 1. The summed E-state index contributed by atoms with van der Waals surface area (Å²) in [6, 6.07) is 7.76. The van der Waals surface area contributed by atoms with Crippen molar-refractivity contribution in [3.8, 4) is 0 Å². The topological polar surface area (TPSA) is 41.6 Å². The number of hydrogen-bond donors (Lipinski definition) is 1. The Balaban J connectivity index is 1.50. The van der Waals surface area contributed by atoms with Crippen molar-refractivity contribution in [2.24, 2.45) is 0 Å². The van der Waals surface area contributed by atoms with Crippen molar-refractivity contribution in [1.82, 2.24) is 10.2 Å². The Kier molecular flexibility index (Phi) is 5.57. The van der Waals surface area contributed by atoms with Gasteiger partial charge >= 0.3 is 0 Å². The Morgan fingerprint density at radius 2 is 2.09 bits per heavy atom. The van der Waals surface area contributed by atoms with Crippen LogP contribution in [-0.2, 0) is 14.9 Å². The fraction of sp³-hybridized carbons (Fsp3) is 0.611. The number of benzene rings is 1. The quantitative estimate of drug-likeness (QED) is 0.812. The molecule has 1 amide bonds. The molecule has 1 aliphatic heterocycles. The molecule has 23 heavy (non-hydrogen) atoms. The van der Waals surface area contributed by atoms with Crippen LogP contribution in [0.15, 0.2) is 24.3 Å². The summed E-state index contributed by atoms with van der Waals surface area (Å²) in [5, 5.41) is 3.85. The van der Waals surface area contributed by atoms with Gasteiger partial charge in [-0.15, -0.1) is 0 Å². The standard InChI is InChI=1S/C18H25ClN2O2/c19-16-5-1-4-15(14-16)18(6-2-7-18)17(22)20-8-3-9-21-10-12-23-13-11-21/h1,4-5,14H,2-3,6-13H2,(H,20,22). The average Bonchev–Trinajstić information content (AvgIpc) is 2.52. The molecule has 0 unspecified atom stereocenters. The lowest BCUT2D eigenvalue weighted by Gasteiger charge is -2.41. The van der Waals surface area contributed by atoms with Crippen molar-refractivity contribution in [2.75, 3.05) is 39.4 Å². The highest BCUT2D eigenvalue weighted by atomic mass is 35.5. The van der Waals surface area contributed by atoms with Crippen LogP contribution in [0, 0.1) is 0 Å². The number of carbonyl (C=O) groups is 1. The molecule has 2 aliphatic rings. The monoisotopic (exact) mass is 336 g/mol. The van der Waals surface area contributed by atoms with Crippen molar-refractivity contribution >= 4 is 17.5 Å². The lowest BCUT2D eigenvalue weighted by molar-refractivity contribution is -0.129. The molecule has 1 N–H and O–H groups in total. The molecule has 0 radical (unpaired) electrons. The smallest absolute Gasteiger partial charge is 0.230 e. The van der Waals surface area contributed by atoms with Gasteiger partial charge in [0.25, 0.3) is 0 Å². The zero-order chi connectivity index (χ0) is 16.1. The Morgan fingerprint density at radius 1 is 1.30 bits per heavy atom. The third kappa shape index (κ3) is 3.87. The van der Waals surface area contributed by atoms with Crippen LogP contribution < -0.4 is 5.32 Å². The second-order valence-electron chi connectivity index (χ2n) is 6.51. The SMILES string of the molecule is O=C(NCCCN1CCOCC1)C1(c2cccc(Cl)c2)CCC1. The van der Waals surface area contributed by atoms with Crippen molar-refractivity contribution < 1.29 is 9.53 Å². The van der Waals surface area contributed by atoms with Gasteiger partial charge in [0.15, 0.2) is 0 Å². The van der Waals surface area contributed by atoms with Gasteiger partial charge in [-0.25, -0.2) is 0 Å². The zero-order valence-corrected chi connectivity index (χ0v) is 14.3. The molecule has 1 aromatic rings. The van der Waals surface area contributed by atoms with E-state index >= 15 is 0 Å². The number of nitrogens with zero attached hydrogens (tertiary/aromatic N) is 1. The third-order valence-electron chi connectivity index (χ3n) is 5.06. The lowest BCUT2D eigenvalue weighted by Crippen LogP contribution is -2.49. The van der Waals surface area contributed by atoms with Crippen molar-refractivity contribution in [3.63, 3.8) is 0 Å². The second kappa shape index (κ2) is 7.65. The first kappa shape index (κ1) is 16.7. The van der Waals surface area contributed by atoms with E-state index in [0.29, 0.717) is 5.02 Å². The number of nitrogens with one attached hydrogen (secondary N) is 1. The summed E-state index contributed by atoms with van der Waals surface area (Å²) >= 11 is 6.10. The normalized spacial score (nSPS) is 20.7. The second-order valence-corrected chi connectivity index (χ2v) is 6.95. The van der Waals surface area contributed by atoms with E-state index in [1.54, 1.807) is 0 Å². The van der Waals surface area contributed by atoms with Crippen LogP contribution in [0.1, 0.15) is 31.2 Å². The van der Waals surface area contributed by atoms with Gasteiger partial charge in [-0.3, -0.25) is 9.69 Å². The highest BCUT2D eigenvalue weighted by Crippen LogP contribution is 2.44. The summed E-state index contributed by atoms with van der Waals surface area (Å²) in [5.74, 6) is 0.160. The summed E-state index contributed by atoms with van der Waals surface area (Å²) in [5.41, 5.74) is 0.700. The fourth-order valence-electron chi connectivity index (χ4n) is 3.46. The highest BCUT2D eigenvalue weighted by Gasteiger charge is 2.45. The first-order valence-electron chi connectivity index (χ1n) is 8.55. The minimum atomic E-state index is -0.357. The summed E-state index contributed by atoms with van der Waals surface area (Å²) in [6.07, 6.45) is 3.93. The highest BCUT2D eigenvalue weighted by molar-refractivity contribution is 6.30. The van der Waals surface area contributed by atoms with Gasteiger partial charge < -0.3 is 10.1 Å². The van der Waals surface area contributed by atoms with Crippen molar-refractivity contribution in [1.29, 1.82) is 0 Å². The van der Waals surface area contributed by atoms with Gasteiger partial charge in [0.2, 0.25) is 5.91 Å². The molecule has 4 nitrogen and oxygen atoms in total. The van der Waals surface area contributed by atoms with Crippen molar-refractivity contribution in [2.45, 2.75) is 31.1 Å². The molecule has 1 heterocycles. The fourth-order valence-corrected chi connectivity index (χ4v) is 3.65. The van der Waals surface area contributed by atoms with Crippen LogP contribution in [0.3, 0.4) is 0 Å². The summed E-state index contributed by atoms with van der Waals surface area (Å²) in [4.78, 5) is 15.1. The van der Waals surface area contributed by atoms with Crippen LogP contribution in [0.25, 0.3) is 0 Å². The van der Waals surface area contributed by atoms with Crippen LogP contribution in [0.2, 0.25) is 5.02 Å². The Hall–Kier alpha value is -1.10. The van der Waals surface area contributed by atoms with E-state index in [1.807, 2.05) is 24.3 Å². The molecule has 5 heteroatoms. The summed E-state index contributed by atoms with van der Waals surface area (Å²) in [7, 11) is 0. The summed E-state index contributed by atoms with van der Waals surface area (Å²) in [6.45, 7) is 5.40. The molecular formula is C18H25ClN2O2. The van der Waals surface area contributed by atoms with E-state index in [2.05, 4.69) is 10.2 Å². The van der Waals surface area contributed by atoms with E-state index in [0.717, 1.165) is 70.6 Å². The molecule has 0 atom stereocenters. The number of rotatable bonds is 6. The maximum absolute atomic E-state index is 12.7. The predicted octanol–water partition coefficient (Wildman–Crippen LogP) is 2.60. The Labute approximate surface area is 143 Å². The van der Waals surface area contributed by atoms with Gasteiger partial charge in [0.1, 0.15) is 0 Å². The van der Waals surface area contributed by atoms with Crippen LogP contribution in [-0.4, -0.2) is 50.2 Å². The molecule has 126 valence electrons. The van der Waals surface area contributed by atoms with Gasteiger partial charge in [0, 0.05) is 24.7 Å². The van der Waals surface area contributed by atoms with Crippen molar-refractivity contribution in [3.05, 3.63) is 34.9 Å². The van der Waals surface area contributed by atoms with Gasteiger partial charge in [-0.05, 0) is 43.5 Å². The van der Waals surface area contributed by atoms with E-state index in [4.69, 9.17) is 16.3 Å². The molecule has 0 spiro atoms.